The molecular formula is C23H18F2N2O3. The summed E-state index contributed by atoms with van der Waals surface area (Å²) in [5.74, 6) is -2.84. The molecule has 2 heterocycles. The lowest BCUT2D eigenvalue weighted by Crippen LogP contribution is -2.09. The van der Waals surface area contributed by atoms with Gasteiger partial charge in [-0.1, -0.05) is 25.1 Å². The van der Waals surface area contributed by atoms with Gasteiger partial charge in [0.15, 0.2) is 11.4 Å². The minimum absolute atomic E-state index is 0.168. The second kappa shape index (κ2) is 7.67. The van der Waals surface area contributed by atoms with Gasteiger partial charge < -0.3 is 4.42 Å². The summed E-state index contributed by atoms with van der Waals surface area (Å²) >= 11 is 0. The fourth-order valence-electron chi connectivity index (χ4n) is 3.56. The first-order valence-corrected chi connectivity index (χ1v) is 9.44. The molecule has 2 aromatic heterocycles. The highest BCUT2D eigenvalue weighted by molar-refractivity contribution is 5.98. The lowest BCUT2D eigenvalue weighted by molar-refractivity contribution is 0.0985. The lowest BCUT2D eigenvalue weighted by Gasteiger charge is -2.09. The van der Waals surface area contributed by atoms with Crippen LogP contribution in [0.4, 0.5) is 8.78 Å². The Morgan fingerprint density at radius 3 is 2.47 bits per heavy atom. The van der Waals surface area contributed by atoms with Crippen LogP contribution >= 0.6 is 0 Å². The van der Waals surface area contributed by atoms with Crippen LogP contribution in [0.1, 0.15) is 28.4 Å². The Labute approximate surface area is 170 Å². The molecule has 0 aliphatic heterocycles. The van der Waals surface area contributed by atoms with E-state index in [1.165, 1.54) is 16.8 Å². The number of pyridine rings is 1. The molecule has 5 nitrogen and oxygen atoms in total. The summed E-state index contributed by atoms with van der Waals surface area (Å²) < 4.78 is 34.5. The number of benzene rings is 2. The Morgan fingerprint density at radius 1 is 1.10 bits per heavy atom. The van der Waals surface area contributed by atoms with E-state index < -0.39 is 28.7 Å². The number of aryl methyl sites for hydroxylation is 2. The van der Waals surface area contributed by atoms with Crippen molar-refractivity contribution in [3.8, 4) is 11.3 Å². The summed E-state index contributed by atoms with van der Waals surface area (Å²) in [6.45, 7) is 1.96. The van der Waals surface area contributed by atoms with Gasteiger partial charge >= 0.3 is 5.76 Å². The number of aromatic nitrogens is 2. The predicted molar refractivity (Wildman–Crippen MR) is 108 cm³/mol. The van der Waals surface area contributed by atoms with Gasteiger partial charge in [-0.25, -0.2) is 13.6 Å². The molecule has 0 saturated heterocycles. The van der Waals surface area contributed by atoms with E-state index >= 15 is 0 Å². The SMILES string of the molecule is CCc1c(-c2ccc(CC(=O)c3c(F)cccc3F)cn2)ccc2c1oc(=O)n2C. The summed E-state index contributed by atoms with van der Waals surface area (Å²) in [5.41, 5.74) is 3.55. The van der Waals surface area contributed by atoms with Crippen LogP contribution in [0.25, 0.3) is 22.4 Å². The van der Waals surface area contributed by atoms with Gasteiger partial charge in [-0.3, -0.25) is 14.3 Å². The van der Waals surface area contributed by atoms with Crippen molar-refractivity contribution in [3.63, 3.8) is 0 Å². The number of carbonyl (C=O) groups is 1. The van der Waals surface area contributed by atoms with Gasteiger partial charge in [0.1, 0.15) is 11.6 Å². The number of halogens is 2. The maximum atomic E-state index is 13.8. The summed E-state index contributed by atoms with van der Waals surface area (Å²) in [6.07, 6.45) is 1.98. The van der Waals surface area contributed by atoms with Crippen LogP contribution in [0.3, 0.4) is 0 Å². The first-order chi connectivity index (χ1) is 14.4. The maximum Gasteiger partial charge on any atom is 0.419 e. The van der Waals surface area contributed by atoms with Gasteiger partial charge in [-0.2, -0.15) is 0 Å². The molecule has 0 amide bonds. The van der Waals surface area contributed by atoms with Crippen molar-refractivity contribution >= 4 is 16.9 Å². The zero-order valence-corrected chi connectivity index (χ0v) is 16.4. The third-order valence-corrected chi connectivity index (χ3v) is 5.12. The van der Waals surface area contributed by atoms with E-state index in [9.17, 15) is 18.4 Å². The molecule has 0 fully saturated rings. The zero-order valence-electron chi connectivity index (χ0n) is 16.4. The second-order valence-corrected chi connectivity index (χ2v) is 6.97. The third kappa shape index (κ3) is 3.32. The molecule has 7 heteroatoms. The number of fused-ring (bicyclic) bond motifs is 1. The fourth-order valence-corrected chi connectivity index (χ4v) is 3.56. The molecule has 30 heavy (non-hydrogen) atoms. The molecule has 0 bridgehead atoms. The fraction of sp³-hybridized carbons (Fsp3) is 0.174. The Kier molecular flexibility index (Phi) is 5.03. The van der Waals surface area contributed by atoms with Crippen LogP contribution < -0.4 is 5.76 Å². The van der Waals surface area contributed by atoms with Gasteiger partial charge in [-0.15, -0.1) is 0 Å². The second-order valence-electron chi connectivity index (χ2n) is 6.97. The van der Waals surface area contributed by atoms with Crippen LogP contribution in [0, 0.1) is 11.6 Å². The molecule has 4 aromatic rings. The molecule has 152 valence electrons. The zero-order chi connectivity index (χ0) is 21.4. The van der Waals surface area contributed by atoms with Crippen molar-refractivity contribution in [2.24, 2.45) is 7.05 Å². The molecule has 0 aliphatic carbocycles. The van der Waals surface area contributed by atoms with E-state index in [1.807, 2.05) is 13.0 Å². The van der Waals surface area contributed by atoms with Crippen molar-refractivity contribution < 1.29 is 18.0 Å². The molecular weight excluding hydrogens is 390 g/mol. The monoisotopic (exact) mass is 408 g/mol. The highest BCUT2D eigenvalue weighted by atomic mass is 19.1. The average Bonchev–Trinajstić information content (AvgIpc) is 3.02. The molecule has 0 aliphatic rings. The van der Waals surface area contributed by atoms with E-state index in [2.05, 4.69) is 4.98 Å². The van der Waals surface area contributed by atoms with Crippen molar-refractivity contribution in [2.75, 3.05) is 0 Å². The van der Waals surface area contributed by atoms with Gasteiger partial charge in [0, 0.05) is 30.8 Å². The first-order valence-electron chi connectivity index (χ1n) is 9.44. The number of Topliss-reactive ketones (excluding diaryl/α,β-unsaturated/α-hetero) is 1. The minimum Gasteiger partial charge on any atom is -0.407 e. The summed E-state index contributed by atoms with van der Waals surface area (Å²) in [6, 6.07) is 10.4. The third-order valence-electron chi connectivity index (χ3n) is 5.12. The summed E-state index contributed by atoms with van der Waals surface area (Å²) in [7, 11) is 1.65. The van der Waals surface area contributed by atoms with E-state index in [0.29, 0.717) is 28.8 Å². The van der Waals surface area contributed by atoms with Crippen molar-refractivity contribution in [3.05, 3.63) is 87.5 Å². The molecule has 0 spiro atoms. The number of oxazole rings is 1. The highest BCUT2D eigenvalue weighted by Crippen LogP contribution is 2.29. The van der Waals surface area contributed by atoms with Gasteiger partial charge in [-0.05, 0) is 36.2 Å². The smallest absolute Gasteiger partial charge is 0.407 e. The van der Waals surface area contributed by atoms with Crippen molar-refractivity contribution in [1.82, 2.24) is 9.55 Å². The molecule has 4 rings (SSSR count). The Morgan fingerprint density at radius 2 is 1.83 bits per heavy atom. The highest BCUT2D eigenvalue weighted by Gasteiger charge is 2.18. The van der Waals surface area contributed by atoms with Gasteiger partial charge in [0.2, 0.25) is 0 Å². The Hall–Kier alpha value is -3.61. The number of ketones is 1. The van der Waals surface area contributed by atoms with Crippen LogP contribution in [0.2, 0.25) is 0 Å². The molecule has 0 saturated carbocycles. The van der Waals surface area contributed by atoms with Crippen molar-refractivity contribution in [1.29, 1.82) is 0 Å². The van der Waals surface area contributed by atoms with Gasteiger partial charge in [0.25, 0.3) is 0 Å². The normalized spacial score (nSPS) is 11.2. The Bertz CT molecular complexity index is 1300. The standard InChI is InChI=1S/C23H18F2N2O3/c1-3-14-15(8-10-19-22(14)30-23(29)27(19)2)18-9-7-13(12-26-18)11-20(28)21-16(24)5-4-6-17(21)25/h4-10,12H,3,11H2,1-2H3. The molecule has 2 aromatic carbocycles. The number of carbonyl (C=O) groups excluding carboxylic acids is 1. The van der Waals surface area contributed by atoms with Crippen LogP contribution in [-0.4, -0.2) is 15.3 Å². The van der Waals surface area contributed by atoms with Crippen LogP contribution in [0.15, 0.2) is 57.9 Å². The number of nitrogens with zero attached hydrogens (tertiary/aromatic N) is 2. The topological polar surface area (TPSA) is 65.1 Å². The van der Waals surface area contributed by atoms with Crippen LogP contribution in [0.5, 0.6) is 0 Å². The van der Waals surface area contributed by atoms with E-state index in [1.54, 1.807) is 25.2 Å². The predicted octanol–water partition coefficient (Wildman–Crippen LogP) is 4.46. The molecule has 0 radical (unpaired) electrons. The largest absolute Gasteiger partial charge is 0.419 e. The molecule has 0 atom stereocenters. The summed E-state index contributed by atoms with van der Waals surface area (Å²) in [5, 5.41) is 0. The van der Waals surface area contributed by atoms with E-state index in [-0.39, 0.29) is 6.42 Å². The molecule has 0 N–H and O–H groups in total. The van der Waals surface area contributed by atoms with Crippen molar-refractivity contribution in [2.45, 2.75) is 19.8 Å². The van der Waals surface area contributed by atoms with E-state index in [4.69, 9.17) is 4.42 Å². The van der Waals surface area contributed by atoms with Crippen LogP contribution in [-0.2, 0) is 19.9 Å². The van der Waals surface area contributed by atoms with Gasteiger partial charge in [0.05, 0.1) is 16.8 Å². The quantitative estimate of drug-likeness (QED) is 0.458. The molecule has 0 unspecified atom stereocenters. The number of hydrogen-bond donors (Lipinski definition) is 0. The number of hydrogen-bond acceptors (Lipinski definition) is 4. The summed E-state index contributed by atoms with van der Waals surface area (Å²) in [4.78, 5) is 28.6. The lowest BCUT2D eigenvalue weighted by atomic mass is 9.99. The first kappa shape index (κ1) is 19.7. The van der Waals surface area contributed by atoms with E-state index in [0.717, 1.165) is 23.3 Å². The minimum atomic E-state index is -0.880. The maximum absolute atomic E-state index is 13.8. The Balaban J connectivity index is 1.66. The number of rotatable bonds is 5. The average molecular weight is 408 g/mol.